The minimum atomic E-state index is -3.15. The number of aldehydes is 1. The van der Waals surface area contributed by atoms with Crippen LogP contribution in [0.1, 0.15) is 41.5 Å². The number of anilines is 2. The minimum Gasteiger partial charge on any atom is -0.379 e. The van der Waals surface area contributed by atoms with Crippen molar-refractivity contribution in [3.05, 3.63) is 65.6 Å². The number of rotatable bonds is 9. The van der Waals surface area contributed by atoms with Gasteiger partial charge in [0.05, 0.1) is 37.9 Å². The van der Waals surface area contributed by atoms with E-state index in [1.165, 1.54) is 11.8 Å². The lowest BCUT2D eigenvalue weighted by Crippen LogP contribution is -2.38. The SMILES string of the molecule is CS(=O)(=O)N1CCC(c2ccc(Nc3nc(-c4cnn(CCN5CCOCC5)c4)cc4c3C(C=O)NC=C4)cc2)CC1. The highest BCUT2D eigenvalue weighted by molar-refractivity contribution is 7.88. The number of fused-ring (bicyclic) bond motifs is 1. The Morgan fingerprint density at radius 2 is 1.86 bits per heavy atom. The number of benzene rings is 1. The second-order valence-electron chi connectivity index (χ2n) is 11.1. The smallest absolute Gasteiger partial charge is 0.211 e. The second-order valence-corrected chi connectivity index (χ2v) is 13.1. The summed E-state index contributed by atoms with van der Waals surface area (Å²) in [5, 5.41) is 11.2. The molecule has 6 rings (SSSR count). The number of hydrogen-bond acceptors (Lipinski definition) is 9. The van der Waals surface area contributed by atoms with Crippen molar-refractivity contribution in [1.82, 2.24) is 29.3 Å². The van der Waals surface area contributed by atoms with E-state index in [1.807, 2.05) is 41.4 Å². The van der Waals surface area contributed by atoms with E-state index < -0.39 is 16.1 Å². The third-order valence-electron chi connectivity index (χ3n) is 8.32. The Balaban J connectivity index is 1.20. The first kappa shape index (κ1) is 28.5. The molecular formula is C30H37N7O4S. The lowest BCUT2D eigenvalue weighted by Gasteiger charge is -2.30. The van der Waals surface area contributed by atoms with Crippen LogP contribution in [0.4, 0.5) is 11.5 Å². The van der Waals surface area contributed by atoms with Crippen LogP contribution >= 0.6 is 0 Å². The molecule has 5 heterocycles. The van der Waals surface area contributed by atoms with Gasteiger partial charge in [-0.25, -0.2) is 17.7 Å². The second kappa shape index (κ2) is 12.3. The summed E-state index contributed by atoms with van der Waals surface area (Å²) in [7, 11) is -3.15. The Morgan fingerprint density at radius 1 is 1.10 bits per heavy atom. The Morgan fingerprint density at radius 3 is 2.57 bits per heavy atom. The molecule has 0 saturated carbocycles. The zero-order chi connectivity index (χ0) is 29.1. The number of carbonyl (C=O) groups is 1. The third-order valence-corrected chi connectivity index (χ3v) is 9.63. The molecule has 1 unspecified atom stereocenters. The van der Waals surface area contributed by atoms with Gasteiger partial charge in [-0.05, 0) is 60.4 Å². The van der Waals surface area contributed by atoms with Gasteiger partial charge >= 0.3 is 0 Å². The van der Waals surface area contributed by atoms with Gasteiger partial charge in [0, 0.05) is 55.7 Å². The highest BCUT2D eigenvalue weighted by atomic mass is 32.2. The van der Waals surface area contributed by atoms with Crippen LogP contribution in [0.15, 0.2) is 48.9 Å². The molecule has 0 bridgehead atoms. The molecule has 3 aromatic rings. The summed E-state index contributed by atoms with van der Waals surface area (Å²) in [6.07, 6.45) is 11.4. The molecule has 222 valence electrons. The van der Waals surface area contributed by atoms with Crippen LogP contribution in [0.5, 0.6) is 0 Å². The Bertz CT molecular complexity index is 1540. The van der Waals surface area contributed by atoms with E-state index in [9.17, 15) is 13.2 Å². The van der Waals surface area contributed by atoms with Crippen LogP contribution in [0.2, 0.25) is 0 Å². The number of nitrogens with zero attached hydrogens (tertiary/aromatic N) is 5. The molecule has 1 atom stereocenters. The van der Waals surface area contributed by atoms with Crippen molar-refractivity contribution in [1.29, 1.82) is 0 Å². The van der Waals surface area contributed by atoms with E-state index in [1.54, 1.807) is 10.5 Å². The van der Waals surface area contributed by atoms with Crippen molar-refractivity contribution in [2.75, 3.05) is 57.5 Å². The maximum Gasteiger partial charge on any atom is 0.211 e. The average Bonchev–Trinajstić information content (AvgIpc) is 3.49. The fourth-order valence-corrected chi connectivity index (χ4v) is 6.77. The Kier molecular flexibility index (Phi) is 8.38. The summed E-state index contributed by atoms with van der Waals surface area (Å²) < 4.78 is 32.7. The first-order chi connectivity index (χ1) is 20.4. The van der Waals surface area contributed by atoms with Crippen molar-refractivity contribution in [2.24, 2.45) is 0 Å². The van der Waals surface area contributed by atoms with Crippen LogP contribution in [0, 0.1) is 0 Å². The molecule has 3 aliphatic heterocycles. The number of morpholine rings is 1. The number of nitrogens with one attached hydrogen (secondary N) is 2. The summed E-state index contributed by atoms with van der Waals surface area (Å²) in [6.45, 7) is 6.22. The highest BCUT2D eigenvalue weighted by Crippen LogP contribution is 2.35. The summed E-state index contributed by atoms with van der Waals surface area (Å²) in [6, 6.07) is 9.71. The van der Waals surface area contributed by atoms with Gasteiger partial charge in [0.2, 0.25) is 10.0 Å². The van der Waals surface area contributed by atoms with Gasteiger partial charge in [-0.3, -0.25) is 9.58 Å². The monoisotopic (exact) mass is 591 g/mol. The van der Waals surface area contributed by atoms with Gasteiger partial charge in [0.25, 0.3) is 0 Å². The van der Waals surface area contributed by atoms with Crippen LogP contribution in [-0.2, 0) is 26.1 Å². The number of hydrogen-bond donors (Lipinski definition) is 2. The maximum absolute atomic E-state index is 12.0. The van der Waals surface area contributed by atoms with E-state index in [0.29, 0.717) is 24.8 Å². The van der Waals surface area contributed by atoms with E-state index in [0.717, 1.165) is 86.6 Å². The van der Waals surface area contributed by atoms with Crippen LogP contribution in [0.25, 0.3) is 17.3 Å². The number of pyridine rings is 1. The molecule has 0 spiro atoms. The number of aromatic nitrogens is 3. The van der Waals surface area contributed by atoms with Gasteiger partial charge in [-0.1, -0.05) is 12.1 Å². The molecule has 2 saturated heterocycles. The number of carbonyl (C=O) groups excluding carboxylic acids is 1. The third kappa shape index (κ3) is 6.41. The van der Waals surface area contributed by atoms with Crippen molar-refractivity contribution in [2.45, 2.75) is 31.3 Å². The summed E-state index contributed by atoms with van der Waals surface area (Å²) in [4.78, 5) is 19.3. The van der Waals surface area contributed by atoms with Gasteiger partial charge in [-0.15, -0.1) is 0 Å². The van der Waals surface area contributed by atoms with E-state index in [2.05, 4.69) is 32.8 Å². The van der Waals surface area contributed by atoms with Crippen molar-refractivity contribution < 1.29 is 17.9 Å². The molecule has 12 heteroatoms. The van der Waals surface area contributed by atoms with Gasteiger partial charge in [-0.2, -0.15) is 5.10 Å². The molecule has 2 aromatic heterocycles. The lowest BCUT2D eigenvalue weighted by atomic mass is 9.90. The molecule has 3 aliphatic rings. The molecule has 2 fully saturated rings. The average molecular weight is 592 g/mol. The van der Waals surface area contributed by atoms with Gasteiger partial charge in [0.1, 0.15) is 18.1 Å². The number of ether oxygens (including phenoxy) is 1. The zero-order valence-electron chi connectivity index (χ0n) is 23.8. The summed E-state index contributed by atoms with van der Waals surface area (Å²) in [5.41, 5.74) is 5.46. The van der Waals surface area contributed by atoms with Crippen molar-refractivity contribution in [3.8, 4) is 11.3 Å². The molecule has 0 radical (unpaired) electrons. The summed E-state index contributed by atoms with van der Waals surface area (Å²) >= 11 is 0. The topological polar surface area (TPSA) is 122 Å². The zero-order valence-corrected chi connectivity index (χ0v) is 24.6. The predicted octanol–water partition coefficient (Wildman–Crippen LogP) is 2.97. The molecule has 42 heavy (non-hydrogen) atoms. The number of piperidine rings is 1. The normalized spacial score (nSPS) is 20.2. The van der Waals surface area contributed by atoms with Crippen LogP contribution in [0.3, 0.4) is 0 Å². The molecule has 0 aliphatic carbocycles. The molecule has 2 N–H and O–H groups in total. The first-order valence-electron chi connectivity index (χ1n) is 14.5. The Labute approximate surface area is 246 Å². The predicted molar refractivity (Wildman–Crippen MR) is 162 cm³/mol. The maximum atomic E-state index is 12.0. The molecule has 11 nitrogen and oxygen atoms in total. The van der Waals surface area contributed by atoms with E-state index in [-0.39, 0.29) is 0 Å². The fraction of sp³-hybridized carbons (Fsp3) is 0.433. The standard InChI is InChI=1S/C30H37N7O4S/c1-42(39,40)37-10-7-23(8-11-37)22-2-4-26(5-3-22)33-30-29-24(6-9-31-28(29)21-38)18-27(34-30)25-19-32-36(20-25)13-12-35-14-16-41-17-15-35/h2-6,9,18-21,23,28,31H,7-8,10-17H2,1H3,(H,33,34). The van der Waals surface area contributed by atoms with Crippen molar-refractivity contribution in [3.63, 3.8) is 0 Å². The molecular weight excluding hydrogens is 554 g/mol. The number of sulfonamides is 1. The fourth-order valence-electron chi connectivity index (χ4n) is 5.90. The van der Waals surface area contributed by atoms with E-state index >= 15 is 0 Å². The Hall–Kier alpha value is -3.58. The largest absolute Gasteiger partial charge is 0.379 e. The first-order valence-corrected chi connectivity index (χ1v) is 16.3. The van der Waals surface area contributed by atoms with Crippen LogP contribution in [-0.4, -0.2) is 90.9 Å². The highest BCUT2D eigenvalue weighted by Gasteiger charge is 2.26. The van der Waals surface area contributed by atoms with Gasteiger partial charge in [0.15, 0.2) is 0 Å². The molecule has 0 amide bonds. The van der Waals surface area contributed by atoms with Crippen LogP contribution < -0.4 is 10.6 Å². The van der Waals surface area contributed by atoms with Gasteiger partial charge < -0.3 is 20.2 Å². The lowest BCUT2D eigenvalue weighted by molar-refractivity contribution is -0.109. The minimum absolute atomic E-state index is 0.319. The van der Waals surface area contributed by atoms with Crippen molar-refractivity contribution >= 4 is 33.9 Å². The quantitative estimate of drug-likeness (QED) is 0.362. The van der Waals surface area contributed by atoms with E-state index in [4.69, 9.17) is 9.72 Å². The molecule has 1 aromatic carbocycles. The summed E-state index contributed by atoms with van der Waals surface area (Å²) in [5.74, 6) is 0.937.